The lowest BCUT2D eigenvalue weighted by molar-refractivity contribution is -0.168. The van der Waals surface area contributed by atoms with Gasteiger partial charge in [0.15, 0.2) is 5.92 Å². The first kappa shape index (κ1) is 25.8. The Kier molecular flexibility index (Phi) is 8.74. The van der Waals surface area contributed by atoms with E-state index >= 15 is 0 Å². The SMILES string of the molecule is O=C1NN=CC(=N[C@@H](CO)COCCC(=O)N2CCN(c3ncc(Cl)cn3)CC2)C1C(F)(F)F. The highest BCUT2D eigenvalue weighted by Crippen LogP contribution is 2.28. The fraction of sp³-hybridized carbons (Fsp3) is 0.579. The van der Waals surface area contributed by atoms with E-state index in [1.807, 2.05) is 4.90 Å². The minimum Gasteiger partial charge on any atom is -0.394 e. The lowest BCUT2D eigenvalue weighted by atomic mass is 10.0. The number of hydrogen-bond acceptors (Lipinski definition) is 9. The van der Waals surface area contributed by atoms with Gasteiger partial charge in [-0.1, -0.05) is 11.6 Å². The minimum atomic E-state index is -4.85. The van der Waals surface area contributed by atoms with Gasteiger partial charge in [-0.2, -0.15) is 18.3 Å². The maximum atomic E-state index is 13.2. The molecule has 2 aliphatic heterocycles. The van der Waals surface area contributed by atoms with E-state index in [0.29, 0.717) is 37.1 Å². The molecule has 1 saturated heterocycles. The number of rotatable bonds is 8. The van der Waals surface area contributed by atoms with Crippen LogP contribution in [0.25, 0.3) is 0 Å². The maximum Gasteiger partial charge on any atom is 0.406 e. The van der Waals surface area contributed by atoms with Gasteiger partial charge in [-0.25, -0.2) is 15.4 Å². The Labute approximate surface area is 197 Å². The van der Waals surface area contributed by atoms with Crippen LogP contribution in [0.15, 0.2) is 22.5 Å². The number of halogens is 4. The largest absolute Gasteiger partial charge is 0.406 e. The Balaban J connectivity index is 1.43. The normalized spacial score (nSPS) is 21.0. The molecular formula is C19H23ClF3N7O4. The first-order chi connectivity index (χ1) is 16.2. The number of aliphatic imine (C=N–C) groups is 1. The summed E-state index contributed by atoms with van der Waals surface area (Å²) in [6.07, 6.45) is -1.00. The van der Waals surface area contributed by atoms with E-state index in [9.17, 15) is 27.9 Å². The van der Waals surface area contributed by atoms with Gasteiger partial charge in [0.25, 0.3) is 5.91 Å². The molecule has 1 fully saturated rings. The number of aliphatic hydroxyl groups excluding tert-OH is 1. The molecular weight excluding hydrogens is 483 g/mol. The molecule has 3 heterocycles. The van der Waals surface area contributed by atoms with E-state index in [0.717, 1.165) is 6.21 Å². The quantitative estimate of drug-likeness (QED) is 0.485. The van der Waals surface area contributed by atoms with Crippen molar-refractivity contribution < 1.29 is 32.6 Å². The third-order valence-corrected chi connectivity index (χ3v) is 5.29. The molecule has 1 aromatic rings. The molecule has 0 spiro atoms. The number of alkyl halides is 3. The number of ether oxygens (including phenoxy) is 1. The fourth-order valence-corrected chi connectivity index (χ4v) is 3.46. The summed E-state index contributed by atoms with van der Waals surface area (Å²) in [5.74, 6) is -3.43. The zero-order valence-corrected chi connectivity index (χ0v) is 18.7. The summed E-state index contributed by atoms with van der Waals surface area (Å²) in [5.41, 5.74) is 1.14. The van der Waals surface area contributed by atoms with Crippen LogP contribution in [0.2, 0.25) is 5.02 Å². The molecule has 2 amide bonds. The van der Waals surface area contributed by atoms with Crippen LogP contribution in [0.5, 0.6) is 0 Å². The number of anilines is 1. The van der Waals surface area contributed by atoms with Gasteiger partial charge in [-0.05, 0) is 0 Å². The third kappa shape index (κ3) is 6.84. The summed E-state index contributed by atoms with van der Waals surface area (Å²) < 4.78 is 44.8. The third-order valence-electron chi connectivity index (χ3n) is 5.09. The van der Waals surface area contributed by atoms with Crippen molar-refractivity contribution in [3.8, 4) is 0 Å². The van der Waals surface area contributed by atoms with Crippen molar-refractivity contribution >= 4 is 41.3 Å². The molecule has 2 atom stereocenters. The average Bonchev–Trinajstić information content (AvgIpc) is 2.80. The van der Waals surface area contributed by atoms with Crippen LogP contribution in [-0.4, -0.2) is 102 Å². The number of aromatic nitrogens is 2. The van der Waals surface area contributed by atoms with Crippen molar-refractivity contribution in [1.29, 1.82) is 0 Å². The molecule has 1 aromatic heterocycles. The Morgan fingerprint density at radius 1 is 1.29 bits per heavy atom. The standard InChI is InChI=1S/C19H23ClF3N7O4/c20-12-7-24-18(25-8-12)30-4-2-29(3-5-30)15(32)1-6-34-11-13(10-31)27-14-9-26-28-17(33)16(14)19(21,22)23/h7-9,13,16,31H,1-6,10-11H2,(H,28,33)/t13-,16?/m0/s1. The Bertz CT molecular complexity index is 921. The van der Waals surface area contributed by atoms with Crippen molar-refractivity contribution in [1.82, 2.24) is 20.3 Å². The number of hydrazone groups is 1. The molecule has 0 bridgehead atoms. The van der Waals surface area contributed by atoms with E-state index < -0.39 is 36.4 Å². The van der Waals surface area contributed by atoms with Gasteiger partial charge in [0, 0.05) is 26.2 Å². The van der Waals surface area contributed by atoms with E-state index in [-0.39, 0.29) is 25.5 Å². The van der Waals surface area contributed by atoms with Gasteiger partial charge in [-0.3, -0.25) is 14.6 Å². The zero-order valence-electron chi connectivity index (χ0n) is 17.9. The number of nitrogens with one attached hydrogen (secondary N) is 1. The van der Waals surface area contributed by atoms with Gasteiger partial charge < -0.3 is 19.6 Å². The summed E-state index contributed by atoms with van der Waals surface area (Å²) in [6.45, 7) is 1.21. The topological polar surface area (TPSA) is 133 Å². The smallest absolute Gasteiger partial charge is 0.394 e. The van der Waals surface area contributed by atoms with Crippen molar-refractivity contribution in [3.05, 3.63) is 17.4 Å². The first-order valence-electron chi connectivity index (χ1n) is 10.3. The second-order valence-corrected chi connectivity index (χ2v) is 7.93. The second kappa shape index (κ2) is 11.5. The van der Waals surface area contributed by atoms with Crippen LogP contribution in [0, 0.1) is 5.92 Å². The highest BCUT2D eigenvalue weighted by atomic mass is 35.5. The summed E-state index contributed by atoms with van der Waals surface area (Å²) in [5, 5.41) is 13.2. The summed E-state index contributed by atoms with van der Waals surface area (Å²) in [7, 11) is 0. The predicted octanol–water partition coefficient (Wildman–Crippen LogP) is 0.281. The van der Waals surface area contributed by atoms with Crippen molar-refractivity contribution in [3.63, 3.8) is 0 Å². The zero-order chi connectivity index (χ0) is 24.7. The van der Waals surface area contributed by atoms with Gasteiger partial charge in [-0.15, -0.1) is 0 Å². The van der Waals surface area contributed by atoms with E-state index in [4.69, 9.17) is 16.3 Å². The number of nitrogens with zero attached hydrogens (tertiary/aromatic N) is 6. The molecule has 1 unspecified atom stereocenters. The molecule has 3 rings (SSSR count). The minimum absolute atomic E-state index is 0.00201. The van der Waals surface area contributed by atoms with Crippen LogP contribution in [0.4, 0.5) is 19.1 Å². The molecule has 34 heavy (non-hydrogen) atoms. The van der Waals surface area contributed by atoms with E-state index in [2.05, 4.69) is 20.1 Å². The molecule has 0 aromatic carbocycles. The van der Waals surface area contributed by atoms with Gasteiger partial charge in [0.2, 0.25) is 11.9 Å². The number of hydrogen-bond donors (Lipinski definition) is 2. The highest BCUT2D eigenvalue weighted by Gasteiger charge is 2.49. The molecule has 0 saturated carbocycles. The highest BCUT2D eigenvalue weighted by molar-refractivity contribution is 6.37. The van der Waals surface area contributed by atoms with Crippen molar-refractivity contribution in [2.24, 2.45) is 16.0 Å². The lowest BCUT2D eigenvalue weighted by Crippen LogP contribution is -2.49. The molecule has 186 valence electrons. The fourth-order valence-electron chi connectivity index (χ4n) is 3.36. The number of carbonyl (C=O) groups is 2. The van der Waals surface area contributed by atoms with Crippen molar-refractivity contribution in [2.45, 2.75) is 18.6 Å². The number of carbonyl (C=O) groups excluding carboxylic acids is 2. The van der Waals surface area contributed by atoms with E-state index in [1.165, 1.54) is 12.4 Å². The maximum absolute atomic E-state index is 13.2. The van der Waals surface area contributed by atoms with Crippen LogP contribution in [0.3, 0.4) is 0 Å². The Morgan fingerprint density at radius 3 is 2.59 bits per heavy atom. The van der Waals surface area contributed by atoms with Crippen LogP contribution < -0.4 is 10.3 Å². The lowest BCUT2D eigenvalue weighted by Gasteiger charge is -2.34. The molecule has 0 radical (unpaired) electrons. The second-order valence-electron chi connectivity index (χ2n) is 7.49. The predicted molar refractivity (Wildman–Crippen MR) is 116 cm³/mol. The Morgan fingerprint density at radius 2 is 1.97 bits per heavy atom. The molecule has 11 nitrogen and oxygen atoms in total. The molecule has 2 N–H and O–H groups in total. The number of aliphatic hydroxyl groups is 1. The average molecular weight is 506 g/mol. The van der Waals surface area contributed by atoms with Gasteiger partial charge >= 0.3 is 6.18 Å². The molecule has 2 aliphatic rings. The summed E-state index contributed by atoms with van der Waals surface area (Å²) in [6, 6.07) is -1.05. The number of piperazine rings is 1. The monoisotopic (exact) mass is 505 g/mol. The van der Waals surface area contributed by atoms with Gasteiger partial charge in [0.1, 0.15) is 0 Å². The molecule has 0 aliphatic carbocycles. The first-order valence-corrected chi connectivity index (χ1v) is 10.7. The van der Waals surface area contributed by atoms with Crippen LogP contribution in [-0.2, 0) is 14.3 Å². The van der Waals surface area contributed by atoms with Crippen molar-refractivity contribution in [2.75, 3.05) is 50.9 Å². The van der Waals surface area contributed by atoms with Gasteiger partial charge in [0.05, 0.1) is 61.6 Å². The summed E-state index contributed by atoms with van der Waals surface area (Å²) >= 11 is 5.79. The number of amides is 2. The van der Waals surface area contributed by atoms with E-state index in [1.54, 1.807) is 10.3 Å². The van der Waals surface area contributed by atoms with Crippen LogP contribution >= 0.6 is 11.6 Å². The summed E-state index contributed by atoms with van der Waals surface area (Å²) in [4.78, 5) is 39.7. The van der Waals surface area contributed by atoms with Crippen LogP contribution in [0.1, 0.15) is 6.42 Å². The molecule has 15 heteroatoms. The Hall–Kier alpha value is -2.84.